The zero-order valence-electron chi connectivity index (χ0n) is 7.88. The Morgan fingerprint density at radius 2 is 2.20 bits per heavy atom. The first-order valence-corrected chi connectivity index (χ1v) is 4.14. The van der Waals surface area contributed by atoms with Crippen molar-refractivity contribution in [2.45, 2.75) is 19.8 Å². The number of hydrogen-bond acceptors (Lipinski definition) is 2. The zero-order valence-corrected chi connectivity index (χ0v) is 7.88. The average molecular weight is 217 g/mol. The molecule has 0 aliphatic rings. The quantitative estimate of drug-likeness (QED) is 0.800. The van der Waals surface area contributed by atoms with E-state index in [2.05, 4.69) is 4.98 Å². The van der Waals surface area contributed by atoms with Crippen LogP contribution >= 0.6 is 0 Å². The van der Waals surface area contributed by atoms with Gasteiger partial charge >= 0.3 is 5.97 Å². The highest BCUT2D eigenvalue weighted by Gasteiger charge is 2.19. The van der Waals surface area contributed by atoms with Gasteiger partial charge in [0.25, 0.3) is 6.43 Å². The van der Waals surface area contributed by atoms with Crippen LogP contribution < -0.4 is 5.43 Å². The number of hydrogen-bond donors (Lipinski definition) is 2. The van der Waals surface area contributed by atoms with E-state index >= 15 is 0 Å². The molecule has 1 rings (SSSR count). The van der Waals surface area contributed by atoms with Crippen LogP contribution in [-0.2, 0) is 11.2 Å². The third kappa shape index (κ3) is 2.61. The summed E-state index contributed by atoms with van der Waals surface area (Å²) in [6.07, 6.45) is -3.58. The molecule has 0 amide bonds. The number of carboxylic acid groups (broad SMARTS) is 1. The molecule has 0 unspecified atom stereocenters. The number of aliphatic carboxylic acids is 1. The molecule has 1 aromatic heterocycles. The standard InChI is InChI=1S/C9H9F2NO3/c1-4-2-6(13)8(9(10)11)5(12-4)3-7(14)15/h2,9H,3H2,1H3,(H,12,13)(H,14,15). The fraction of sp³-hybridized carbons (Fsp3) is 0.333. The van der Waals surface area contributed by atoms with Gasteiger partial charge in [-0.2, -0.15) is 0 Å². The van der Waals surface area contributed by atoms with Gasteiger partial charge in [-0.05, 0) is 6.92 Å². The second kappa shape index (κ2) is 4.20. The molecule has 1 heterocycles. The highest BCUT2D eigenvalue weighted by atomic mass is 19.3. The molecule has 0 fully saturated rings. The predicted octanol–water partition coefficient (Wildman–Crippen LogP) is 1.25. The molecule has 1 aromatic rings. The van der Waals surface area contributed by atoms with E-state index in [-0.39, 0.29) is 5.69 Å². The number of carbonyl (C=O) groups is 1. The predicted molar refractivity (Wildman–Crippen MR) is 48.1 cm³/mol. The van der Waals surface area contributed by atoms with Gasteiger partial charge in [0.1, 0.15) is 0 Å². The van der Waals surface area contributed by atoms with E-state index < -0.39 is 29.8 Å². The lowest BCUT2D eigenvalue weighted by Crippen LogP contribution is -2.17. The molecule has 15 heavy (non-hydrogen) atoms. The van der Waals surface area contributed by atoms with Gasteiger partial charge < -0.3 is 10.1 Å². The third-order valence-electron chi connectivity index (χ3n) is 1.83. The molecular formula is C9H9F2NO3. The number of pyridine rings is 1. The molecule has 0 saturated carbocycles. The second-order valence-electron chi connectivity index (χ2n) is 3.08. The minimum Gasteiger partial charge on any atom is -0.481 e. The zero-order chi connectivity index (χ0) is 11.6. The normalized spacial score (nSPS) is 10.7. The molecule has 0 bridgehead atoms. The van der Waals surface area contributed by atoms with E-state index in [1.165, 1.54) is 6.92 Å². The lowest BCUT2D eigenvalue weighted by Gasteiger charge is -2.07. The molecular weight excluding hydrogens is 208 g/mol. The van der Waals surface area contributed by atoms with Crippen molar-refractivity contribution >= 4 is 5.97 Å². The Bertz CT molecular complexity index is 439. The minimum atomic E-state index is -2.97. The number of halogens is 2. The molecule has 0 atom stereocenters. The van der Waals surface area contributed by atoms with Crippen LogP contribution in [0.5, 0.6) is 0 Å². The van der Waals surface area contributed by atoms with Gasteiger partial charge in [-0.15, -0.1) is 0 Å². The van der Waals surface area contributed by atoms with Gasteiger partial charge in [0, 0.05) is 17.5 Å². The maximum absolute atomic E-state index is 12.5. The second-order valence-corrected chi connectivity index (χ2v) is 3.08. The number of carboxylic acids is 1. The van der Waals surface area contributed by atoms with Crippen molar-refractivity contribution < 1.29 is 18.7 Å². The summed E-state index contributed by atoms with van der Waals surface area (Å²) >= 11 is 0. The maximum Gasteiger partial charge on any atom is 0.309 e. The van der Waals surface area contributed by atoms with Crippen molar-refractivity contribution in [2.24, 2.45) is 0 Å². The van der Waals surface area contributed by atoms with E-state index in [1.807, 2.05) is 0 Å². The average Bonchev–Trinajstić information content (AvgIpc) is 1.99. The Hall–Kier alpha value is -1.72. The smallest absolute Gasteiger partial charge is 0.309 e. The molecule has 82 valence electrons. The van der Waals surface area contributed by atoms with Crippen LogP contribution in [0.4, 0.5) is 8.78 Å². The molecule has 0 aliphatic heterocycles. The molecule has 4 nitrogen and oxygen atoms in total. The van der Waals surface area contributed by atoms with Gasteiger partial charge in [0.2, 0.25) is 0 Å². The lowest BCUT2D eigenvalue weighted by molar-refractivity contribution is -0.136. The Balaban J connectivity index is 3.33. The largest absolute Gasteiger partial charge is 0.481 e. The summed E-state index contributed by atoms with van der Waals surface area (Å²) in [7, 11) is 0. The highest BCUT2D eigenvalue weighted by Crippen LogP contribution is 2.18. The number of H-pyrrole nitrogens is 1. The van der Waals surface area contributed by atoms with Crippen LogP contribution in [0.1, 0.15) is 23.4 Å². The number of aromatic amines is 1. The van der Waals surface area contributed by atoms with E-state index in [4.69, 9.17) is 5.11 Å². The molecule has 0 aromatic carbocycles. The lowest BCUT2D eigenvalue weighted by atomic mass is 10.1. The van der Waals surface area contributed by atoms with Crippen LogP contribution in [0.2, 0.25) is 0 Å². The summed E-state index contributed by atoms with van der Waals surface area (Å²) in [4.78, 5) is 24.1. The van der Waals surface area contributed by atoms with Crippen LogP contribution in [0, 0.1) is 6.92 Å². The molecule has 2 N–H and O–H groups in total. The first kappa shape index (κ1) is 11.4. The fourth-order valence-corrected chi connectivity index (χ4v) is 1.29. The van der Waals surface area contributed by atoms with Crippen molar-refractivity contribution in [2.75, 3.05) is 0 Å². The van der Waals surface area contributed by atoms with Crippen molar-refractivity contribution in [3.05, 3.63) is 33.2 Å². The van der Waals surface area contributed by atoms with Gasteiger partial charge in [-0.25, -0.2) is 8.78 Å². The Morgan fingerprint density at radius 1 is 1.60 bits per heavy atom. The molecule has 0 aliphatic carbocycles. The first-order valence-electron chi connectivity index (χ1n) is 4.14. The third-order valence-corrected chi connectivity index (χ3v) is 1.83. The summed E-state index contributed by atoms with van der Waals surface area (Å²) in [6.45, 7) is 1.50. The van der Waals surface area contributed by atoms with Crippen LogP contribution in [-0.4, -0.2) is 16.1 Å². The molecule has 0 saturated heterocycles. The van der Waals surface area contributed by atoms with Crippen molar-refractivity contribution in [3.63, 3.8) is 0 Å². The molecule has 6 heteroatoms. The van der Waals surface area contributed by atoms with E-state index in [9.17, 15) is 18.4 Å². The van der Waals surface area contributed by atoms with Crippen molar-refractivity contribution in [1.82, 2.24) is 4.98 Å². The van der Waals surface area contributed by atoms with Crippen LogP contribution in [0.3, 0.4) is 0 Å². The topological polar surface area (TPSA) is 70.2 Å². The van der Waals surface area contributed by atoms with Gasteiger partial charge in [0.05, 0.1) is 12.0 Å². The summed E-state index contributed by atoms with van der Waals surface area (Å²) in [5.41, 5.74) is -1.47. The minimum absolute atomic E-state index is 0.234. The maximum atomic E-state index is 12.5. The van der Waals surface area contributed by atoms with E-state index in [0.717, 1.165) is 6.07 Å². The Labute approximate surface area is 83.6 Å². The van der Waals surface area contributed by atoms with Crippen molar-refractivity contribution in [3.8, 4) is 0 Å². The summed E-state index contributed by atoms with van der Waals surface area (Å²) in [5.74, 6) is -1.27. The van der Waals surface area contributed by atoms with E-state index in [0.29, 0.717) is 5.69 Å². The first-order chi connectivity index (χ1) is 6.91. The summed E-state index contributed by atoms with van der Waals surface area (Å²) in [6, 6.07) is 1.02. The number of aryl methyl sites for hydroxylation is 1. The van der Waals surface area contributed by atoms with E-state index in [1.54, 1.807) is 0 Å². The Morgan fingerprint density at radius 3 is 2.67 bits per heavy atom. The number of aromatic nitrogens is 1. The number of alkyl halides is 2. The van der Waals surface area contributed by atoms with Crippen LogP contribution in [0.25, 0.3) is 0 Å². The number of rotatable bonds is 3. The monoisotopic (exact) mass is 217 g/mol. The fourth-order valence-electron chi connectivity index (χ4n) is 1.29. The highest BCUT2D eigenvalue weighted by molar-refractivity contribution is 5.70. The summed E-state index contributed by atoms with van der Waals surface area (Å²) < 4.78 is 24.9. The Kier molecular flexibility index (Phi) is 3.18. The van der Waals surface area contributed by atoms with Crippen LogP contribution in [0.15, 0.2) is 10.9 Å². The molecule has 0 spiro atoms. The van der Waals surface area contributed by atoms with Gasteiger partial charge in [-0.3, -0.25) is 9.59 Å². The number of nitrogens with one attached hydrogen (secondary N) is 1. The molecule has 0 radical (unpaired) electrons. The van der Waals surface area contributed by atoms with Crippen molar-refractivity contribution in [1.29, 1.82) is 0 Å². The SMILES string of the molecule is Cc1cc(=O)c(C(F)F)c(CC(=O)O)[nH]1. The van der Waals surface area contributed by atoms with Gasteiger partial charge in [0.15, 0.2) is 5.43 Å². The summed E-state index contributed by atoms with van der Waals surface area (Å²) in [5, 5.41) is 8.49. The van der Waals surface area contributed by atoms with Gasteiger partial charge in [-0.1, -0.05) is 0 Å².